The third-order valence-electron chi connectivity index (χ3n) is 1.86. The van der Waals surface area contributed by atoms with E-state index in [0.717, 1.165) is 12.0 Å². The molecule has 1 aliphatic heterocycles. The van der Waals surface area contributed by atoms with Crippen molar-refractivity contribution in [3.63, 3.8) is 0 Å². The van der Waals surface area contributed by atoms with Crippen LogP contribution in [-0.2, 0) is 17.5 Å². The molecule has 3 nitrogen and oxygen atoms in total. The van der Waals surface area contributed by atoms with E-state index in [-0.39, 0.29) is 34.5 Å². The Kier molecular flexibility index (Phi) is 3.94. The van der Waals surface area contributed by atoms with Crippen LogP contribution in [0.5, 0.6) is 5.75 Å². The second-order valence-electron chi connectivity index (χ2n) is 2.58. The third kappa shape index (κ3) is 2.14. The van der Waals surface area contributed by atoms with Gasteiger partial charge in [0.1, 0.15) is 5.75 Å². The van der Waals surface area contributed by atoms with Gasteiger partial charge in [0, 0.05) is 6.42 Å². The summed E-state index contributed by atoms with van der Waals surface area (Å²) in [7, 11) is 0. The van der Waals surface area contributed by atoms with Gasteiger partial charge in [-0.15, -0.1) is 0 Å². The van der Waals surface area contributed by atoms with Gasteiger partial charge in [-0.2, -0.15) is 0 Å². The van der Waals surface area contributed by atoms with Crippen LogP contribution in [0.25, 0.3) is 0 Å². The van der Waals surface area contributed by atoms with E-state index in [1.807, 2.05) is 6.07 Å². The van der Waals surface area contributed by atoms with Gasteiger partial charge in [-0.25, -0.2) is 0 Å². The van der Waals surface area contributed by atoms with Gasteiger partial charge in [0.2, 0.25) is 0 Å². The summed E-state index contributed by atoms with van der Waals surface area (Å²) in [4.78, 5) is 0.269. The molecule has 0 aromatic heterocycles. The Hall–Kier alpha value is 0.130. The summed E-state index contributed by atoms with van der Waals surface area (Å²) < 4.78 is 26.6. The van der Waals surface area contributed by atoms with Gasteiger partial charge in [0.05, 0.1) is 11.5 Å². The molecule has 0 radical (unpaired) electrons. The van der Waals surface area contributed by atoms with Gasteiger partial charge in [-0.05, 0) is 22.7 Å². The summed E-state index contributed by atoms with van der Waals surface area (Å²) in [5.41, 5.74) is 0.983. The van der Waals surface area contributed by atoms with Crippen molar-refractivity contribution in [1.82, 2.24) is 0 Å². The van der Waals surface area contributed by atoms with E-state index in [1.54, 1.807) is 12.1 Å². The molecule has 0 bridgehead atoms. The molecule has 0 amide bonds. The standard InChI is InChI=1S/C8H8O3S.Na/c9-12(10)7-3-1-2-6-4-5-11-8(6)7;/h1-3H,4-5H2,(H,9,10);/q;+1/p-1. The zero-order chi connectivity index (χ0) is 8.55. The second-order valence-corrected chi connectivity index (χ2v) is 3.49. The molecule has 1 aromatic carbocycles. The van der Waals surface area contributed by atoms with Crippen LogP contribution in [0.3, 0.4) is 0 Å². The van der Waals surface area contributed by atoms with Gasteiger partial charge < -0.3 is 9.29 Å². The molecule has 0 aliphatic carbocycles. The average Bonchev–Trinajstić information content (AvgIpc) is 2.49. The zero-order valence-electron chi connectivity index (χ0n) is 7.28. The summed E-state index contributed by atoms with van der Waals surface area (Å²) in [6, 6.07) is 5.17. The van der Waals surface area contributed by atoms with Crippen LogP contribution in [-0.4, -0.2) is 15.4 Å². The average molecular weight is 206 g/mol. The topological polar surface area (TPSA) is 49.4 Å². The van der Waals surface area contributed by atoms with Crippen LogP contribution in [0.4, 0.5) is 0 Å². The fourth-order valence-corrected chi connectivity index (χ4v) is 1.85. The van der Waals surface area contributed by atoms with Crippen LogP contribution in [0.1, 0.15) is 5.56 Å². The van der Waals surface area contributed by atoms with Gasteiger partial charge in [0.15, 0.2) is 0 Å². The molecule has 0 spiro atoms. The molecule has 1 aliphatic rings. The Morgan fingerprint density at radius 1 is 1.46 bits per heavy atom. The van der Waals surface area contributed by atoms with E-state index in [9.17, 15) is 8.76 Å². The molecule has 1 unspecified atom stereocenters. The summed E-state index contributed by atoms with van der Waals surface area (Å²) in [5.74, 6) is 0.533. The van der Waals surface area contributed by atoms with Crippen LogP contribution < -0.4 is 34.3 Å². The van der Waals surface area contributed by atoms with Crippen molar-refractivity contribution in [2.45, 2.75) is 11.3 Å². The molecule has 1 heterocycles. The number of hydrogen-bond acceptors (Lipinski definition) is 3. The van der Waals surface area contributed by atoms with Crippen molar-refractivity contribution in [2.24, 2.45) is 0 Å². The molecule has 1 aromatic rings. The SMILES string of the molecule is O=S([O-])c1cccc2c1OCC2.[Na+]. The molecule has 2 rings (SSSR count). The van der Waals surface area contributed by atoms with Crippen molar-refractivity contribution in [2.75, 3.05) is 6.61 Å². The first kappa shape index (κ1) is 11.2. The normalized spacial score (nSPS) is 15.5. The first-order valence-electron chi connectivity index (χ1n) is 3.63. The van der Waals surface area contributed by atoms with Gasteiger partial charge in [-0.3, -0.25) is 4.21 Å². The molecule has 0 fully saturated rings. The van der Waals surface area contributed by atoms with Gasteiger partial charge in [0.25, 0.3) is 0 Å². The molecule has 5 heteroatoms. The number of benzene rings is 1. The molecule has 64 valence electrons. The van der Waals surface area contributed by atoms with E-state index in [2.05, 4.69) is 0 Å². The Morgan fingerprint density at radius 3 is 2.92 bits per heavy atom. The van der Waals surface area contributed by atoms with Crippen molar-refractivity contribution < 1.29 is 43.1 Å². The Morgan fingerprint density at radius 2 is 2.23 bits per heavy atom. The van der Waals surface area contributed by atoms with E-state index in [1.165, 1.54) is 0 Å². The third-order valence-corrected chi connectivity index (χ3v) is 2.54. The van der Waals surface area contributed by atoms with Crippen LogP contribution in [0.2, 0.25) is 0 Å². The molecule has 0 saturated carbocycles. The molecule has 0 N–H and O–H groups in total. The number of para-hydroxylation sites is 1. The number of fused-ring (bicyclic) bond motifs is 1. The molecular formula is C8H7NaO3S. The summed E-state index contributed by atoms with van der Waals surface area (Å²) in [5, 5.41) is 0. The number of ether oxygens (including phenoxy) is 1. The molecular weight excluding hydrogens is 199 g/mol. The fraction of sp³-hybridized carbons (Fsp3) is 0.250. The number of rotatable bonds is 1. The summed E-state index contributed by atoms with van der Waals surface area (Å²) >= 11 is -2.19. The monoisotopic (exact) mass is 206 g/mol. The molecule has 1 atom stereocenters. The van der Waals surface area contributed by atoms with Crippen LogP contribution in [0.15, 0.2) is 23.1 Å². The minimum absolute atomic E-state index is 0. The summed E-state index contributed by atoms with van der Waals surface area (Å²) in [6.07, 6.45) is 0.806. The Bertz CT molecular complexity index is 340. The van der Waals surface area contributed by atoms with Crippen molar-refractivity contribution in [3.8, 4) is 5.75 Å². The van der Waals surface area contributed by atoms with Crippen molar-refractivity contribution in [3.05, 3.63) is 23.8 Å². The minimum atomic E-state index is -2.19. The zero-order valence-corrected chi connectivity index (χ0v) is 10.1. The van der Waals surface area contributed by atoms with Gasteiger partial charge in [-0.1, -0.05) is 12.1 Å². The second kappa shape index (κ2) is 4.57. The van der Waals surface area contributed by atoms with E-state index >= 15 is 0 Å². The van der Waals surface area contributed by atoms with Gasteiger partial charge >= 0.3 is 29.6 Å². The molecule has 13 heavy (non-hydrogen) atoms. The summed E-state index contributed by atoms with van der Waals surface area (Å²) in [6.45, 7) is 0.587. The predicted molar refractivity (Wildman–Crippen MR) is 42.8 cm³/mol. The first-order chi connectivity index (χ1) is 5.79. The van der Waals surface area contributed by atoms with E-state index < -0.39 is 11.1 Å². The maximum atomic E-state index is 10.7. The maximum absolute atomic E-state index is 10.7. The maximum Gasteiger partial charge on any atom is 1.00 e. The minimum Gasteiger partial charge on any atom is -0.768 e. The predicted octanol–water partition coefficient (Wildman–Crippen LogP) is -2.14. The smallest absolute Gasteiger partial charge is 0.768 e. The van der Waals surface area contributed by atoms with Crippen LogP contribution in [0, 0.1) is 0 Å². The quantitative estimate of drug-likeness (QED) is 0.389. The Labute approximate surface area is 101 Å². The largest absolute Gasteiger partial charge is 1.00 e. The van der Waals surface area contributed by atoms with E-state index in [0.29, 0.717) is 12.4 Å². The van der Waals surface area contributed by atoms with Crippen molar-refractivity contribution >= 4 is 11.1 Å². The van der Waals surface area contributed by atoms with Crippen LogP contribution >= 0.6 is 0 Å². The number of hydrogen-bond donors (Lipinski definition) is 0. The first-order valence-corrected chi connectivity index (χ1v) is 4.70. The molecule has 0 saturated heterocycles. The Balaban J connectivity index is 0.000000845. The van der Waals surface area contributed by atoms with Crippen molar-refractivity contribution in [1.29, 1.82) is 0 Å². The van der Waals surface area contributed by atoms with E-state index in [4.69, 9.17) is 4.74 Å². The fourth-order valence-electron chi connectivity index (χ4n) is 1.32.